The molecule has 0 radical (unpaired) electrons. The van der Waals surface area contributed by atoms with Crippen LogP contribution in [-0.2, 0) is 14.3 Å². The van der Waals surface area contributed by atoms with Crippen LogP contribution in [0.2, 0.25) is 0 Å². The van der Waals surface area contributed by atoms with Crippen LogP contribution in [0.1, 0.15) is 71.6 Å². The molecule has 0 spiro atoms. The number of nitrogens with one attached hydrogen (secondary N) is 1. The van der Waals surface area contributed by atoms with Crippen molar-refractivity contribution < 1.29 is 14.3 Å². The summed E-state index contributed by atoms with van der Waals surface area (Å²) in [4.78, 5) is 34.2. The van der Waals surface area contributed by atoms with E-state index in [2.05, 4.69) is 42.7 Å². The Morgan fingerprint density at radius 2 is 1.86 bits per heavy atom. The van der Waals surface area contributed by atoms with Gasteiger partial charge in [0.1, 0.15) is 12.1 Å². The third-order valence-electron chi connectivity index (χ3n) is 6.36. The van der Waals surface area contributed by atoms with Crippen molar-refractivity contribution >= 4 is 42.9 Å². The standard InChI is InChI=1S/C27H36N6O2S.C4H8.C3H6O/c1-4-20(12-11-19(2)3)27(34)29-13-7-10-23-24(36)26(33-14-16-35-17-15-33)32-25(31-23)22-9-6-5-8-21(22)18-30-28;1-3-4-2;1-2-3-4/h4-10,18-19,36H,11-17,28H2,1-3H3,(H,29,34);3H,1,4H2,2H3;3H,2H2,1H3/b10-7+,20-4+,30-18-;;. The number of thiol groups is 1. The molecule has 1 fully saturated rings. The highest BCUT2D eigenvalue weighted by atomic mass is 32.1. The normalized spacial score (nSPS) is 13.2. The number of benzene rings is 1. The maximum atomic E-state index is 12.6. The number of hydrogen-bond donors (Lipinski definition) is 3. The van der Waals surface area contributed by atoms with Crippen LogP contribution in [0.4, 0.5) is 5.82 Å². The minimum atomic E-state index is -0.0405. The van der Waals surface area contributed by atoms with Crippen molar-refractivity contribution in [3.63, 3.8) is 0 Å². The summed E-state index contributed by atoms with van der Waals surface area (Å²) >= 11 is 4.78. The fourth-order valence-corrected chi connectivity index (χ4v) is 4.17. The number of ether oxygens (including phenoxy) is 1. The van der Waals surface area contributed by atoms with Crippen molar-refractivity contribution in [2.45, 2.75) is 65.2 Å². The molecule has 0 bridgehead atoms. The molecule has 44 heavy (non-hydrogen) atoms. The maximum Gasteiger partial charge on any atom is 0.247 e. The first kappa shape index (κ1) is 38.3. The number of hydrazone groups is 1. The number of morpholine rings is 1. The highest BCUT2D eigenvalue weighted by Gasteiger charge is 2.20. The van der Waals surface area contributed by atoms with Gasteiger partial charge in [-0.05, 0) is 38.2 Å². The van der Waals surface area contributed by atoms with Crippen molar-refractivity contribution in [1.82, 2.24) is 15.3 Å². The molecule has 0 atom stereocenters. The number of anilines is 1. The predicted octanol–water partition coefficient (Wildman–Crippen LogP) is 6.25. The fourth-order valence-electron chi connectivity index (χ4n) is 3.85. The van der Waals surface area contributed by atoms with E-state index in [1.54, 1.807) is 6.21 Å². The smallest absolute Gasteiger partial charge is 0.247 e. The number of aldehydes is 1. The van der Waals surface area contributed by atoms with Crippen LogP contribution in [0.3, 0.4) is 0 Å². The molecule has 10 heteroatoms. The zero-order valence-electron chi connectivity index (χ0n) is 27.0. The Balaban J connectivity index is 0.00000108. The molecule has 0 unspecified atom stereocenters. The van der Waals surface area contributed by atoms with Crippen LogP contribution < -0.4 is 16.1 Å². The lowest BCUT2D eigenvalue weighted by molar-refractivity contribution is -0.117. The van der Waals surface area contributed by atoms with E-state index in [-0.39, 0.29) is 5.91 Å². The monoisotopic (exact) mass is 622 g/mol. The minimum absolute atomic E-state index is 0.0405. The van der Waals surface area contributed by atoms with Gasteiger partial charge in [-0.1, -0.05) is 70.2 Å². The lowest BCUT2D eigenvalue weighted by Crippen LogP contribution is -2.37. The first-order valence-electron chi connectivity index (χ1n) is 15.2. The molecular weight excluding hydrogens is 572 g/mol. The third-order valence-corrected chi connectivity index (χ3v) is 6.79. The summed E-state index contributed by atoms with van der Waals surface area (Å²) in [6.45, 7) is 16.7. The molecule has 1 aliphatic heterocycles. The second kappa shape index (κ2) is 22.7. The van der Waals surface area contributed by atoms with E-state index in [9.17, 15) is 9.59 Å². The van der Waals surface area contributed by atoms with Crippen LogP contribution >= 0.6 is 12.6 Å². The van der Waals surface area contributed by atoms with Gasteiger partial charge in [0.25, 0.3) is 0 Å². The van der Waals surface area contributed by atoms with E-state index in [1.165, 1.54) is 0 Å². The van der Waals surface area contributed by atoms with E-state index < -0.39 is 0 Å². The van der Waals surface area contributed by atoms with Crippen LogP contribution in [0.25, 0.3) is 17.5 Å². The van der Waals surface area contributed by atoms with Gasteiger partial charge in [0.05, 0.1) is 30.0 Å². The van der Waals surface area contributed by atoms with Crippen LogP contribution in [0.15, 0.2) is 64.6 Å². The molecule has 1 aromatic heterocycles. The van der Waals surface area contributed by atoms with Crippen molar-refractivity contribution in [1.29, 1.82) is 0 Å². The Hall–Kier alpha value is -3.76. The quantitative estimate of drug-likeness (QED) is 0.0486. The van der Waals surface area contributed by atoms with Crippen LogP contribution in [0, 0.1) is 5.92 Å². The van der Waals surface area contributed by atoms with Gasteiger partial charge in [-0.3, -0.25) is 4.79 Å². The second-order valence-corrected chi connectivity index (χ2v) is 10.6. The summed E-state index contributed by atoms with van der Waals surface area (Å²) < 4.78 is 5.52. The molecule has 1 aliphatic rings. The number of rotatable bonds is 12. The third kappa shape index (κ3) is 13.7. The molecule has 9 nitrogen and oxygen atoms in total. The molecule has 240 valence electrons. The average molecular weight is 623 g/mol. The van der Waals surface area contributed by atoms with Crippen LogP contribution in [-0.4, -0.2) is 61.2 Å². The van der Waals surface area contributed by atoms with Crippen molar-refractivity contribution in [3.8, 4) is 11.4 Å². The number of amides is 1. The minimum Gasteiger partial charge on any atom is -0.378 e. The van der Waals surface area contributed by atoms with Gasteiger partial charge in [-0.15, -0.1) is 19.2 Å². The number of carbonyl (C=O) groups excluding carboxylic acids is 2. The van der Waals surface area contributed by atoms with E-state index >= 15 is 0 Å². The number of hydrogen-bond acceptors (Lipinski definition) is 9. The Kier molecular flexibility index (Phi) is 19.8. The van der Waals surface area contributed by atoms with E-state index in [0.29, 0.717) is 48.5 Å². The number of nitrogens with zero attached hydrogens (tertiary/aromatic N) is 4. The fraction of sp³-hybridized carbons (Fsp3) is 0.441. The molecule has 1 amide bonds. The van der Waals surface area contributed by atoms with Crippen molar-refractivity contribution in [3.05, 3.63) is 65.9 Å². The van der Waals surface area contributed by atoms with E-state index in [1.807, 2.05) is 62.4 Å². The first-order chi connectivity index (χ1) is 21.3. The summed E-state index contributed by atoms with van der Waals surface area (Å²) in [5.74, 6) is 7.24. The summed E-state index contributed by atoms with van der Waals surface area (Å²) in [6.07, 6.45) is 13.5. The molecule has 1 aromatic carbocycles. The molecular formula is C34H50N6O3S. The molecule has 3 N–H and O–H groups in total. The molecule has 0 aliphatic carbocycles. The van der Waals surface area contributed by atoms with Gasteiger partial charge in [0.2, 0.25) is 5.91 Å². The summed E-state index contributed by atoms with van der Waals surface area (Å²) in [6, 6.07) is 7.71. The first-order valence-corrected chi connectivity index (χ1v) is 15.6. The molecule has 3 rings (SSSR count). The zero-order chi connectivity index (χ0) is 32.7. The Labute approximate surface area is 269 Å². The van der Waals surface area contributed by atoms with E-state index in [0.717, 1.165) is 61.2 Å². The Morgan fingerprint density at radius 1 is 1.20 bits per heavy atom. The van der Waals surface area contributed by atoms with Crippen molar-refractivity contribution in [2.24, 2.45) is 16.9 Å². The summed E-state index contributed by atoms with van der Waals surface area (Å²) in [5, 5.41) is 6.66. The average Bonchev–Trinajstić information content (AvgIpc) is 3.05. The number of nitrogens with two attached hydrogens (primary N) is 1. The zero-order valence-corrected chi connectivity index (χ0v) is 27.9. The largest absolute Gasteiger partial charge is 0.378 e. The predicted molar refractivity (Wildman–Crippen MR) is 186 cm³/mol. The number of allylic oxidation sites excluding steroid dienone is 2. The molecule has 2 heterocycles. The number of aromatic nitrogens is 2. The van der Waals surface area contributed by atoms with Crippen LogP contribution in [0.5, 0.6) is 0 Å². The molecule has 0 saturated carbocycles. The SMILES string of the molecule is C/C=C(\CCC(C)C)C(=O)NC/C=C/c1nc(-c2ccccc2/C=N\N)nc(N2CCOCC2)c1S.C=CCC.CCC=O. The van der Waals surface area contributed by atoms with Gasteiger partial charge < -0.3 is 25.6 Å². The Morgan fingerprint density at radius 3 is 2.43 bits per heavy atom. The second-order valence-electron chi connectivity index (χ2n) is 10.2. The van der Waals surface area contributed by atoms with Gasteiger partial charge in [-0.2, -0.15) is 5.10 Å². The Bertz CT molecular complexity index is 1250. The highest BCUT2D eigenvalue weighted by molar-refractivity contribution is 7.80. The summed E-state index contributed by atoms with van der Waals surface area (Å²) in [7, 11) is 0. The lowest BCUT2D eigenvalue weighted by Gasteiger charge is -2.29. The summed E-state index contributed by atoms with van der Waals surface area (Å²) in [5.41, 5.74) is 3.12. The highest BCUT2D eigenvalue weighted by Crippen LogP contribution is 2.30. The van der Waals surface area contributed by atoms with Crippen molar-refractivity contribution in [2.75, 3.05) is 37.7 Å². The van der Waals surface area contributed by atoms with E-state index in [4.69, 9.17) is 33.2 Å². The maximum absolute atomic E-state index is 12.6. The number of carbonyl (C=O) groups is 2. The molecule has 1 saturated heterocycles. The van der Waals surface area contributed by atoms with Gasteiger partial charge in [0.15, 0.2) is 5.82 Å². The van der Waals surface area contributed by atoms with Gasteiger partial charge in [-0.25, -0.2) is 9.97 Å². The molecule has 2 aromatic rings. The van der Waals surface area contributed by atoms with Gasteiger partial charge in [0, 0.05) is 42.8 Å². The van der Waals surface area contributed by atoms with Gasteiger partial charge >= 0.3 is 0 Å². The lowest BCUT2D eigenvalue weighted by atomic mass is 10.0. The topological polar surface area (TPSA) is 123 Å².